The molecule has 0 bridgehead atoms. The Labute approximate surface area is 117 Å². The number of ether oxygens (including phenoxy) is 3. The Morgan fingerprint density at radius 3 is 2.40 bits per heavy atom. The van der Waals surface area contributed by atoms with Crippen molar-refractivity contribution in [3.05, 3.63) is 35.9 Å². The molecule has 0 aromatic heterocycles. The molecule has 1 aliphatic rings. The lowest BCUT2D eigenvalue weighted by atomic mass is 9.99. The molecule has 6 heteroatoms. The first-order valence-corrected chi connectivity index (χ1v) is 6.47. The van der Waals surface area contributed by atoms with E-state index in [2.05, 4.69) is 0 Å². The fraction of sp³-hybridized carbons (Fsp3) is 0.571. The van der Waals surface area contributed by atoms with Crippen LogP contribution in [0.5, 0.6) is 0 Å². The first kappa shape index (κ1) is 15.4. The number of benzene rings is 1. The molecule has 1 saturated heterocycles. The fourth-order valence-corrected chi connectivity index (χ4v) is 2.12. The lowest BCUT2D eigenvalue weighted by Crippen LogP contribution is -2.59. The zero-order valence-electron chi connectivity index (χ0n) is 11.3. The minimum atomic E-state index is -1.32. The van der Waals surface area contributed by atoms with Crippen LogP contribution in [-0.2, 0) is 20.8 Å². The molecular formula is C14H20O6. The molecule has 0 aliphatic carbocycles. The molecule has 1 unspecified atom stereocenters. The number of hydrogen-bond donors (Lipinski definition) is 3. The molecule has 112 valence electrons. The van der Waals surface area contributed by atoms with E-state index in [9.17, 15) is 15.3 Å². The minimum Gasteiger partial charge on any atom is -0.387 e. The SMILES string of the molecule is COC1O[C@H](COCc2ccccc2)[C@@H](O)[C@H](O)[C@H]1O. The number of methoxy groups -OCH3 is 1. The van der Waals surface area contributed by atoms with E-state index in [1.165, 1.54) is 7.11 Å². The molecule has 3 N–H and O–H groups in total. The Bertz CT molecular complexity index is 396. The van der Waals surface area contributed by atoms with Gasteiger partial charge in [0.05, 0.1) is 13.2 Å². The Morgan fingerprint density at radius 2 is 1.75 bits per heavy atom. The summed E-state index contributed by atoms with van der Waals surface area (Å²) in [7, 11) is 1.36. The Kier molecular flexibility index (Phi) is 5.47. The minimum absolute atomic E-state index is 0.0969. The lowest BCUT2D eigenvalue weighted by Gasteiger charge is -2.39. The standard InChI is InChI=1S/C14H20O6/c1-18-14-13(17)12(16)11(15)10(20-14)8-19-7-9-5-3-2-4-6-9/h2-6,10-17H,7-8H2,1H3/t10-,11-,12+,13-,14?/m1/s1. The average Bonchev–Trinajstić information content (AvgIpc) is 2.48. The molecule has 1 aliphatic heterocycles. The van der Waals surface area contributed by atoms with Gasteiger partial charge < -0.3 is 29.5 Å². The van der Waals surface area contributed by atoms with Crippen LogP contribution in [0.15, 0.2) is 30.3 Å². The van der Waals surface area contributed by atoms with Crippen LogP contribution in [0.3, 0.4) is 0 Å². The molecule has 6 nitrogen and oxygen atoms in total. The molecule has 1 aromatic carbocycles. The summed E-state index contributed by atoms with van der Waals surface area (Å²) in [6.07, 6.45) is -5.53. The highest BCUT2D eigenvalue weighted by Gasteiger charge is 2.43. The van der Waals surface area contributed by atoms with Gasteiger partial charge in [0.15, 0.2) is 6.29 Å². The normalized spacial score (nSPS) is 34.1. The van der Waals surface area contributed by atoms with Gasteiger partial charge in [-0.2, -0.15) is 0 Å². The molecule has 1 heterocycles. The average molecular weight is 284 g/mol. The molecule has 1 fully saturated rings. The van der Waals surface area contributed by atoms with Crippen molar-refractivity contribution in [1.82, 2.24) is 0 Å². The van der Waals surface area contributed by atoms with Gasteiger partial charge in [-0.1, -0.05) is 30.3 Å². The van der Waals surface area contributed by atoms with Crippen molar-refractivity contribution in [3.8, 4) is 0 Å². The molecule has 0 saturated carbocycles. The summed E-state index contributed by atoms with van der Waals surface area (Å²) in [5.41, 5.74) is 1.00. The molecule has 20 heavy (non-hydrogen) atoms. The van der Waals surface area contributed by atoms with Crippen LogP contribution in [0.25, 0.3) is 0 Å². The summed E-state index contributed by atoms with van der Waals surface area (Å²) in [5, 5.41) is 29.2. The van der Waals surface area contributed by atoms with Gasteiger partial charge in [-0.05, 0) is 5.56 Å². The molecule has 0 radical (unpaired) electrons. The van der Waals surface area contributed by atoms with E-state index in [0.29, 0.717) is 6.61 Å². The Balaban J connectivity index is 1.85. The predicted molar refractivity (Wildman–Crippen MR) is 69.8 cm³/mol. The summed E-state index contributed by atoms with van der Waals surface area (Å²) in [4.78, 5) is 0. The third-order valence-electron chi connectivity index (χ3n) is 3.29. The van der Waals surface area contributed by atoms with Gasteiger partial charge in [0.25, 0.3) is 0 Å². The Morgan fingerprint density at radius 1 is 1.05 bits per heavy atom. The van der Waals surface area contributed by atoms with E-state index in [1.807, 2.05) is 30.3 Å². The van der Waals surface area contributed by atoms with Crippen LogP contribution < -0.4 is 0 Å². The predicted octanol–water partition coefficient (Wildman–Crippen LogP) is -0.343. The second kappa shape index (κ2) is 7.12. The molecule has 2 rings (SSSR count). The molecule has 5 atom stereocenters. The van der Waals surface area contributed by atoms with E-state index in [-0.39, 0.29) is 6.61 Å². The van der Waals surface area contributed by atoms with E-state index < -0.39 is 30.7 Å². The van der Waals surface area contributed by atoms with Crippen molar-refractivity contribution in [3.63, 3.8) is 0 Å². The summed E-state index contributed by atoms with van der Waals surface area (Å²) in [6.45, 7) is 0.476. The van der Waals surface area contributed by atoms with Crippen molar-refractivity contribution in [2.24, 2.45) is 0 Å². The number of aliphatic hydroxyl groups excluding tert-OH is 3. The maximum absolute atomic E-state index is 9.85. The van der Waals surface area contributed by atoms with Crippen molar-refractivity contribution in [1.29, 1.82) is 0 Å². The summed E-state index contributed by atoms with van der Waals surface area (Å²) >= 11 is 0. The number of aliphatic hydroxyl groups is 3. The van der Waals surface area contributed by atoms with Gasteiger partial charge >= 0.3 is 0 Å². The second-order valence-corrected chi connectivity index (χ2v) is 4.75. The van der Waals surface area contributed by atoms with E-state index >= 15 is 0 Å². The number of rotatable bonds is 5. The Hall–Kier alpha value is -1.02. The van der Waals surface area contributed by atoms with Crippen molar-refractivity contribution >= 4 is 0 Å². The van der Waals surface area contributed by atoms with Gasteiger partial charge in [-0.15, -0.1) is 0 Å². The largest absolute Gasteiger partial charge is 0.387 e. The van der Waals surface area contributed by atoms with Crippen LogP contribution in [-0.4, -0.2) is 59.7 Å². The molecule has 0 amide bonds. The zero-order chi connectivity index (χ0) is 14.5. The fourth-order valence-electron chi connectivity index (χ4n) is 2.12. The second-order valence-electron chi connectivity index (χ2n) is 4.75. The van der Waals surface area contributed by atoms with Crippen molar-refractivity contribution in [2.45, 2.75) is 37.3 Å². The van der Waals surface area contributed by atoms with Crippen molar-refractivity contribution < 1.29 is 29.5 Å². The van der Waals surface area contributed by atoms with Crippen LogP contribution in [0.4, 0.5) is 0 Å². The van der Waals surface area contributed by atoms with Crippen LogP contribution in [0.2, 0.25) is 0 Å². The van der Waals surface area contributed by atoms with Crippen molar-refractivity contribution in [2.75, 3.05) is 13.7 Å². The molecule has 1 aromatic rings. The maximum atomic E-state index is 9.85. The quantitative estimate of drug-likeness (QED) is 0.685. The van der Waals surface area contributed by atoms with Gasteiger partial charge in [0.2, 0.25) is 0 Å². The zero-order valence-corrected chi connectivity index (χ0v) is 11.3. The monoisotopic (exact) mass is 284 g/mol. The van der Waals surface area contributed by atoms with E-state index in [4.69, 9.17) is 14.2 Å². The van der Waals surface area contributed by atoms with Crippen LogP contribution >= 0.6 is 0 Å². The van der Waals surface area contributed by atoms with Gasteiger partial charge in [0.1, 0.15) is 24.4 Å². The van der Waals surface area contributed by atoms with Gasteiger partial charge in [0, 0.05) is 7.11 Å². The highest BCUT2D eigenvalue weighted by Crippen LogP contribution is 2.22. The van der Waals surface area contributed by atoms with Crippen LogP contribution in [0, 0.1) is 0 Å². The highest BCUT2D eigenvalue weighted by atomic mass is 16.7. The first-order chi connectivity index (χ1) is 9.63. The first-order valence-electron chi connectivity index (χ1n) is 6.47. The topological polar surface area (TPSA) is 88.4 Å². The smallest absolute Gasteiger partial charge is 0.186 e. The van der Waals surface area contributed by atoms with E-state index in [0.717, 1.165) is 5.56 Å². The summed E-state index contributed by atoms with van der Waals surface area (Å²) in [6, 6.07) is 9.58. The third-order valence-corrected chi connectivity index (χ3v) is 3.29. The third kappa shape index (κ3) is 3.54. The number of hydrogen-bond acceptors (Lipinski definition) is 6. The van der Waals surface area contributed by atoms with Crippen LogP contribution in [0.1, 0.15) is 5.56 Å². The van der Waals surface area contributed by atoms with Gasteiger partial charge in [-0.25, -0.2) is 0 Å². The summed E-state index contributed by atoms with van der Waals surface area (Å²) < 4.78 is 15.8. The molecule has 0 spiro atoms. The summed E-state index contributed by atoms with van der Waals surface area (Å²) in [5.74, 6) is 0. The maximum Gasteiger partial charge on any atom is 0.186 e. The highest BCUT2D eigenvalue weighted by molar-refractivity contribution is 5.13. The lowest BCUT2D eigenvalue weighted by molar-refractivity contribution is -0.296. The van der Waals surface area contributed by atoms with E-state index in [1.54, 1.807) is 0 Å². The molecular weight excluding hydrogens is 264 g/mol. The van der Waals surface area contributed by atoms with Gasteiger partial charge in [-0.3, -0.25) is 0 Å².